The Balaban J connectivity index is 1.46. The Bertz CT molecular complexity index is 997. The van der Waals surface area contributed by atoms with Crippen molar-refractivity contribution < 1.29 is 27.4 Å². The lowest BCUT2D eigenvalue weighted by atomic mass is 9.93. The lowest BCUT2D eigenvalue weighted by molar-refractivity contribution is -0.137. The molecule has 1 amide bonds. The molecule has 31 heavy (non-hydrogen) atoms. The number of rotatable bonds is 3. The van der Waals surface area contributed by atoms with E-state index in [-0.39, 0.29) is 24.2 Å². The molecule has 5 nitrogen and oxygen atoms in total. The molecule has 2 aromatic carbocycles. The van der Waals surface area contributed by atoms with Gasteiger partial charge in [0.2, 0.25) is 5.91 Å². The molecule has 2 aliphatic rings. The summed E-state index contributed by atoms with van der Waals surface area (Å²) in [5.74, 6) is 1.06. The number of anilines is 1. The monoisotopic (exact) mass is 454 g/mol. The Labute approximate surface area is 183 Å². The summed E-state index contributed by atoms with van der Waals surface area (Å²) in [5.41, 5.74) is 1.30. The van der Waals surface area contributed by atoms with Crippen LogP contribution in [0.15, 0.2) is 30.3 Å². The van der Waals surface area contributed by atoms with Crippen LogP contribution in [-0.2, 0) is 17.4 Å². The third-order valence-electron chi connectivity index (χ3n) is 5.58. The third-order valence-corrected chi connectivity index (χ3v) is 5.91. The molecule has 4 rings (SSSR count). The first-order valence-electron chi connectivity index (χ1n) is 10.1. The van der Waals surface area contributed by atoms with E-state index in [1.807, 2.05) is 24.0 Å². The highest BCUT2D eigenvalue weighted by Gasteiger charge is 2.33. The van der Waals surface area contributed by atoms with E-state index >= 15 is 0 Å². The van der Waals surface area contributed by atoms with Crippen molar-refractivity contribution in [2.45, 2.75) is 32.0 Å². The second kappa shape index (κ2) is 8.59. The number of carbonyl (C=O) groups is 1. The topological polar surface area (TPSA) is 50.8 Å². The highest BCUT2D eigenvalue weighted by Crippen LogP contribution is 2.39. The zero-order chi connectivity index (χ0) is 22.2. The van der Waals surface area contributed by atoms with Gasteiger partial charge in [0, 0.05) is 24.7 Å². The quantitative estimate of drug-likeness (QED) is 0.703. The van der Waals surface area contributed by atoms with Gasteiger partial charge in [0.15, 0.2) is 11.5 Å². The van der Waals surface area contributed by atoms with Crippen LogP contribution in [0, 0.1) is 0 Å². The number of nitrogens with zero attached hydrogens (tertiary/aromatic N) is 1. The van der Waals surface area contributed by atoms with Crippen LogP contribution in [0.25, 0.3) is 0 Å². The van der Waals surface area contributed by atoms with E-state index in [0.717, 1.165) is 41.9 Å². The SMILES string of the molecule is C[C@@H]1c2cc3c(cc2CCN1CC(=O)Nc1ccc(Cl)c(C(F)(F)F)c1)OCCCO3. The minimum Gasteiger partial charge on any atom is -0.490 e. The Morgan fingerprint density at radius 3 is 2.61 bits per heavy atom. The van der Waals surface area contributed by atoms with E-state index in [2.05, 4.69) is 5.32 Å². The molecule has 2 heterocycles. The lowest BCUT2D eigenvalue weighted by Gasteiger charge is -2.35. The van der Waals surface area contributed by atoms with Gasteiger partial charge >= 0.3 is 6.18 Å². The van der Waals surface area contributed by atoms with Gasteiger partial charge in [-0.2, -0.15) is 13.2 Å². The summed E-state index contributed by atoms with van der Waals surface area (Å²) >= 11 is 5.64. The van der Waals surface area contributed by atoms with Gasteiger partial charge in [-0.05, 0) is 54.8 Å². The minimum absolute atomic E-state index is 0.0531. The first kappa shape index (κ1) is 21.8. The number of halogens is 4. The summed E-state index contributed by atoms with van der Waals surface area (Å²) in [5, 5.41) is 2.14. The molecule has 0 radical (unpaired) electrons. The lowest BCUT2D eigenvalue weighted by Crippen LogP contribution is -2.39. The average Bonchev–Trinajstić information content (AvgIpc) is 2.94. The molecule has 0 unspecified atom stereocenters. The van der Waals surface area contributed by atoms with Crippen LogP contribution in [0.3, 0.4) is 0 Å². The van der Waals surface area contributed by atoms with Gasteiger partial charge in [-0.1, -0.05) is 11.6 Å². The van der Waals surface area contributed by atoms with Gasteiger partial charge in [-0.25, -0.2) is 0 Å². The average molecular weight is 455 g/mol. The number of carbonyl (C=O) groups excluding carboxylic acids is 1. The molecular formula is C22H22ClF3N2O3. The largest absolute Gasteiger partial charge is 0.490 e. The number of alkyl halides is 3. The molecular weight excluding hydrogens is 433 g/mol. The Morgan fingerprint density at radius 2 is 1.90 bits per heavy atom. The smallest absolute Gasteiger partial charge is 0.417 e. The van der Waals surface area contributed by atoms with Crippen LogP contribution in [0.2, 0.25) is 5.02 Å². The number of hydrogen-bond acceptors (Lipinski definition) is 4. The Hall–Kier alpha value is -2.45. The Kier molecular flexibility index (Phi) is 6.03. The molecule has 0 bridgehead atoms. The summed E-state index contributed by atoms with van der Waals surface area (Å²) in [6.45, 7) is 3.91. The highest BCUT2D eigenvalue weighted by molar-refractivity contribution is 6.31. The number of nitrogens with one attached hydrogen (secondary N) is 1. The van der Waals surface area contributed by atoms with E-state index < -0.39 is 16.8 Å². The molecule has 0 spiro atoms. The van der Waals surface area contributed by atoms with Crippen LogP contribution in [0.1, 0.15) is 36.1 Å². The number of amides is 1. The number of hydrogen-bond donors (Lipinski definition) is 1. The summed E-state index contributed by atoms with van der Waals surface area (Å²) in [6.07, 6.45) is -3.03. The van der Waals surface area contributed by atoms with Crippen molar-refractivity contribution in [1.82, 2.24) is 4.90 Å². The fraction of sp³-hybridized carbons (Fsp3) is 0.409. The number of fused-ring (bicyclic) bond motifs is 2. The van der Waals surface area contributed by atoms with Crippen molar-refractivity contribution in [3.05, 3.63) is 52.0 Å². The van der Waals surface area contributed by atoms with Crippen molar-refractivity contribution in [2.24, 2.45) is 0 Å². The predicted octanol–water partition coefficient (Wildman–Crippen LogP) is 5.08. The molecule has 166 valence electrons. The number of ether oxygens (including phenoxy) is 2. The zero-order valence-electron chi connectivity index (χ0n) is 16.9. The maximum Gasteiger partial charge on any atom is 0.417 e. The van der Waals surface area contributed by atoms with Crippen LogP contribution in [0.4, 0.5) is 18.9 Å². The molecule has 0 aliphatic carbocycles. The molecule has 2 aromatic rings. The van der Waals surface area contributed by atoms with Crippen LogP contribution < -0.4 is 14.8 Å². The summed E-state index contributed by atoms with van der Waals surface area (Å²) < 4.78 is 50.7. The molecule has 0 saturated carbocycles. The molecule has 0 aromatic heterocycles. The molecule has 0 saturated heterocycles. The van der Waals surface area contributed by atoms with Crippen LogP contribution in [0.5, 0.6) is 11.5 Å². The van der Waals surface area contributed by atoms with E-state index in [1.165, 1.54) is 6.07 Å². The van der Waals surface area contributed by atoms with E-state index in [0.29, 0.717) is 25.5 Å². The van der Waals surface area contributed by atoms with E-state index in [9.17, 15) is 18.0 Å². The summed E-state index contributed by atoms with van der Waals surface area (Å²) in [4.78, 5) is 14.5. The predicted molar refractivity (Wildman–Crippen MR) is 111 cm³/mol. The second-order valence-corrected chi connectivity index (χ2v) is 8.09. The first-order chi connectivity index (χ1) is 14.7. The van der Waals surface area contributed by atoms with Crippen molar-refractivity contribution in [3.63, 3.8) is 0 Å². The van der Waals surface area contributed by atoms with E-state index in [1.54, 1.807) is 0 Å². The van der Waals surface area contributed by atoms with Gasteiger partial charge in [0.1, 0.15) is 0 Å². The van der Waals surface area contributed by atoms with Crippen molar-refractivity contribution in [1.29, 1.82) is 0 Å². The molecule has 2 aliphatic heterocycles. The fourth-order valence-corrected chi connectivity index (χ4v) is 4.17. The Morgan fingerprint density at radius 1 is 1.19 bits per heavy atom. The van der Waals surface area contributed by atoms with Crippen LogP contribution >= 0.6 is 11.6 Å². The van der Waals surface area contributed by atoms with E-state index in [4.69, 9.17) is 21.1 Å². The van der Waals surface area contributed by atoms with Gasteiger partial charge in [0.05, 0.1) is 30.3 Å². The molecule has 1 atom stereocenters. The normalized spacial score (nSPS) is 18.8. The third kappa shape index (κ3) is 4.75. The standard InChI is InChI=1S/C22H22ClF3N2O3/c1-13-16-11-20-19(30-7-2-8-31-20)9-14(16)5-6-28(13)12-21(29)27-15-3-4-18(23)17(10-15)22(24,25)26/h3-4,9-11,13H,2,5-8,12H2,1H3,(H,27,29)/t13-/m1/s1. The zero-order valence-corrected chi connectivity index (χ0v) is 17.6. The maximum absolute atomic E-state index is 13.1. The van der Waals surface area contributed by atoms with Crippen molar-refractivity contribution in [2.75, 3.05) is 31.6 Å². The maximum atomic E-state index is 13.1. The first-order valence-corrected chi connectivity index (χ1v) is 10.4. The number of benzene rings is 2. The van der Waals surface area contributed by atoms with Crippen LogP contribution in [-0.4, -0.2) is 37.1 Å². The minimum atomic E-state index is -4.59. The highest BCUT2D eigenvalue weighted by atomic mass is 35.5. The van der Waals surface area contributed by atoms with Gasteiger partial charge in [0.25, 0.3) is 0 Å². The molecule has 0 fully saturated rings. The summed E-state index contributed by atoms with van der Waals surface area (Å²) in [6, 6.07) is 7.27. The van der Waals surface area contributed by atoms with Gasteiger partial charge in [-0.15, -0.1) is 0 Å². The van der Waals surface area contributed by atoms with Crippen molar-refractivity contribution in [3.8, 4) is 11.5 Å². The summed E-state index contributed by atoms with van der Waals surface area (Å²) in [7, 11) is 0. The van der Waals surface area contributed by atoms with Crippen molar-refractivity contribution >= 4 is 23.2 Å². The van der Waals surface area contributed by atoms with Gasteiger partial charge < -0.3 is 14.8 Å². The molecule has 9 heteroatoms. The second-order valence-electron chi connectivity index (χ2n) is 7.69. The fourth-order valence-electron chi connectivity index (χ4n) is 3.95. The molecule has 1 N–H and O–H groups in total. The van der Waals surface area contributed by atoms with Gasteiger partial charge in [-0.3, -0.25) is 9.69 Å².